The Morgan fingerprint density at radius 3 is 2.95 bits per heavy atom. The van der Waals surface area contributed by atoms with Crippen LogP contribution in [0, 0.1) is 0 Å². The number of H-pyrrole nitrogens is 1. The number of hydroxylamine groups is 1. The van der Waals surface area contributed by atoms with Crippen LogP contribution in [0.4, 0.5) is 5.69 Å². The third-order valence-electron chi connectivity index (χ3n) is 3.11. The molecule has 2 heterocycles. The summed E-state index contributed by atoms with van der Waals surface area (Å²) < 4.78 is 5.47. The minimum Gasteiger partial charge on any atom is -0.439 e. The maximum Gasteiger partial charge on any atom is 0.348 e. The van der Waals surface area contributed by atoms with Crippen molar-refractivity contribution in [3.8, 4) is 11.6 Å². The number of rotatable bonds is 2. The monoisotopic (exact) mass is 288 g/mol. The number of benzene rings is 1. The topological polar surface area (TPSA) is 122 Å². The lowest BCUT2D eigenvalue weighted by Crippen LogP contribution is -2.47. The Bertz CT molecular complexity index is 758. The van der Waals surface area contributed by atoms with Gasteiger partial charge in [0, 0.05) is 12.3 Å². The van der Waals surface area contributed by atoms with E-state index in [9.17, 15) is 14.8 Å². The van der Waals surface area contributed by atoms with E-state index in [0.29, 0.717) is 28.5 Å². The molecule has 8 nitrogen and oxygen atoms in total. The zero-order chi connectivity index (χ0) is 15.0. The molecule has 1 aliphatic rings. The van der Waals surface area contributed by atoms with E-state index in [2.05, 4.69) is 9.97 Å². The fourth-order valence-electron chi connectivity index (χ4n) is 2.13. The highest BCUT2D eigenvalue weighted by Crippen LogP contribution is 2.31. The van der Waals surface area contributed by atoms with Crippen LogP contribution in [0.3, 0.4) is 0 Å². The molecule has 0 fully saturated rings. The second-order valence-corrected chi connectivity index (χ2v) is 4.59. The molecule has 1 aromatic heterocycles. The average molecular weight is 288 g/mol. The van der Waals surface area contributed by atoms with Crippen molar-refractivity contribution in [3.05, 3.63) is 46.5 Å². The summed E-state index contributed by atoms with van der Waals surface area (Å²) >= 11 is 0. The van der Waals surface area contributed by atoms with Crippen LogP contribution in [0.15, 0.2) is 35.3 Å². The summed E-state index contributed by atoms with van der Waals surface area (Å²) in [5, 5.41) is 10.3. The summed E-state index contributed by atoms with van der Waals surface area (Å²) in [4.78, 5) is 28.7. The first kappa shape index (κ1) is 13.3. The first-order valence-corrected chi connectivity index (χ1v) is 6.19. The fourth-order valence-corrected chi connectivity index (χ4v) is 2.13. The predicted molar refractivity (Wildman–Crippen MR) is 72.3 cm³/mol. The van der Waals surface area contributed by atoms with Crippen LogP contribution in [0.5, 0.6) is 11.6 Å². The average Bonchev–Trinajstić information content (AvgIpc) is 2.45. The minimum atomic E-state index is -0.796. The highest BCUT2D eigenvalue weighted by atomic mass is 16.5. The van der Waals surface area contributed by atoms with E-state index in [1.165, 1.54) is 12.3 Å². The summed E-state index contributed by atoms with van der Waals surface area (Å²) in [6, 6.07) is 5.47. The molecule has 1 aliphatic heterocycles. The van der Waals surface area contributed by atoms with Gasteiger partial charge in [0.15, 0.2) is 0 Å². The Hall–Kier alpha value is -2.71. The first-order valence-electron chi connectivity index (χ1n) is 6.19. The standard InChI is InChI=1S/C13H12N4O4/c14-9-6-7-5-8(1-2-10(7)17(20)12(9)18)21-11-3-4-15-13(19)16-11/h1-5,9,20H,6,14H2,(H,15,16,19). The van der Waals surface area contributed by atoms with Crippen molar-refractivity contribution in [3.63, 3.8) is 0 Å². The van der Waals surface area contributed by atoms with Gasteiger partial charge in [-0.3, -0.25) is 10.0 Å². The van der Waals surface area contributed by atoms with E-state index in [0.717, 1.165) is 0 Å². The smallest absolute Gasteiger partial charge is 0.348 e. The summed E-state index contributed by atoms with van der Waals surface area (Å²) in [5.74, 6) is 0.0324. The second-order valence-electron chi connectivity index (χ2n) is 4.59. The zero-order valence-electron chi connectivity index (χ0n) is 10.8. The van der Waals surface area contributed by atoms with Gasteiger partial charge in [0.25, 0.3) is 5.91 Å². The molecule has 0 radical (unpaired) electrons. The van der Waals surface area contributed by atoms with Crippen molar-refractivity contribution < 1.29 is 14.7 Å². The molecule has 8 heteroatoms. The Morgan fingerprint density at radius 2 is 2.19 bits per heavy atom. The number of ether oxygens (including phenoxy) is 1. The molecule has 1 aromatic carbocycles. The van der Waals surface area contributed by atoms with Gasteiger partial charge < -0.3 is 15.5 Å². The summed E-state index contributed by atoms with van der Waals surface area (Å²) in [6.45, 7) is 0. The molecule has 2 aromatic rings. The van der Waals surface area contributed by atoms with Gasteiger partial charge in [-0.15, -0.1) is 0 Å². The summed E-state index contributed by atoms with van der Waals surface area (Å²) in [7, 11) is 0. The van der Waals surface area contributed by atoms with Crippen LogP contribution in [0.25, 0.3) is 0 Å². The number of nitrogens with one attached hydrogen (secondary N) is 1. The molecule has 0 saturated heterocycles. The first-order chi connectivity index (χ1) is 10.0. The SMILES string of the molecule is NC1Cc2cc(Oc3cc[nH]c(=O)n3)ccc2N(O)C1=O. The largest absolute Gasteiger partial charge is 0.439 e. The highest BCUT2D eigenvalue weighted by Gasteiger charge is 2.29. The van der Waals surface area contributed by atoms with Gasteiger partial charge >= 0.3 is 5.69 Å². The lowest BCUT2D eigenvalue weighted by Gasteiger charge is -2.27. The van der Waals surface area contributed by atoms with Crippen LogP contribution < -0.4 is 21.2 Å². The molecule has 3 rings (SSSR count). The van der Waals surface area contributed by atoms with Crippen LogP contribution in [0.1, 0.15) is 5.56 Å². The molecule has 0 aliphatic carbocycles. The van der Waals surface area contributed by atoms with Crippen molar-refractivity contribution in [2.24, 2.45) is 5.73 Å². The van der Waals surface area contributed by atoms with Crippen LogP contribution >= 0.6 is 0 Å². The Labute approximate surface area is 118 Å². The highest BCUT2D eigenvalue weighted by molar-refractivity contribution is 5.98. The molecule has 0 bridgehead atoms. The Morgan fingerprint density at radius 1 is 1.38 bits per heavy atom. The lowest BCUT2D eigenvalue weighted by molar-refractivity contribution is -0.125. The Balaban J connectivity index is 1.91. The normalized spacial score (nSPS) is 17.5. The summed E-state index contributed by atoms with van der Waals surface area (Å²) in [6.07, 6.45) is 1.72. The van der Waals surface area contributed by atoms with E-state index >= 15 is 0 Å². The predicted octanol–water partition coefficient (Wildman–Crippen LogP) is 0.168. The van der Waals surface area contributed by atoms with Gasteiger partial charge in [-0.05, 0) is 30.2 Å². The van der Waals surface area contributed by atoms with Gasteiger partial charge in [0.05, 0.1) is 11.7 Å². The number of anilines is 1. The molecule has 0 spiro atoms. The van der Waals surface area contributed by atoms with E-state index < -0.39 is 17.6 Å². The van der Waals surface area contributed by atoms with Crippen molar-refractivity contribution in [1.82, 2.24) is 9.97 Å². The molecule has 1 amide bonds. The third kappa shape index (κ3) is 2.49. The summed E-state index contributed by atoms with van der Waals surface area (Å²) in [5.41, 5.74) is 6.18. The number of hydrogen-bond donors (Lipinski definition) is 3. The molecule has 1 unspecified atom stereocenters. The van der Waals surface area contributed by atoms with Crippen molar-refractivity contribution in [2.75, 3.05) is 5.06 Å². The molecule has 4 N–H and O–H groups in total. The van der Waals surface area contributed by atoms with E-state index in [4.69, 9.17) is 10.5 Å². The maximum atomic E-state index is 11.6. The second kappa shape index (κ2) is 5.00. The van der Waals surface area contributed by atoms with E-state index in [-0.39, 0.29) is 5.88 Å². The number of nitrogens with two attached hydrogens (primary N) is 1. The van der Waals surface area contributed by atoms with Gasteiger partial charge in [-0.25, -0.2) is 4.79 Å². The number of aromatic amines is 1. The number of aromatic nitrogens is 2. The van der Waals surface area contributed by atoms with Crippen LogP contribution in [-0.4, -0.2) is 27.1 Å². The van der Waals surface area contributed by atoms with Crippen molar-refractivity contribution in [2.45, 2.75) is 12.5 Å². The molecular formula is C13H12N4O4. The number of nitrogens with zero attached hydrogens (tertiary/aromatic N) is 2. The van der Waals surface area contributed by atoms with Gasteiger partial charge in [0.1, 0.15) is 5.75 Å². The fraction of sp³-hybridized carbons (Fsp3) is 0.154. The molecule has 0 saturated carbocycles. The van der Waals surface area contributed by atoms with Gasteiger partial charge in [0.2, 0.25) is 5.88 Å². The number of carbonyl (C=O) groups excluding carboxylic acids is 1. The van der Waals surface area contributed by atoms with Crippen LogP contribution in [0.2, 0.25) is 0 Å². The van der Waals surface area contributed by atoms with Gasteiger partial charge in [-0.2, -0.15) is 10.0 Å². The molecule has 108 valence electrons. The number of carbonyl (C=O) groups is 1. The Kier molecular flexibility index (Phi) is 3.16. The molecule has 21 heavy (non-hydrogen) atoms. The quantitative estimate of drug-likeness (QED) is 0.677. The van der Waals surface area contributed by atoms with Gasteiger partial charge in [-0.1, -0.05) is 0 Å². The number of hydrogen-bond acceptors (Lipinski definition) is 6. The number of amides is 1. The number of fused-ring (bicyclic) bond motifs is 1. The lowest BCUT2D eigenvalue weighted by atomic mass is 9.99. The van der Waals surface area contributed by atoms with Crippen LogP contribution in [-0.2, 0) is 11.2 Å². The van der Waals surface area contributed by atoms with Crippen molar-refractivity contribution >= 4 is 11.6 Å². The zero-order valence-corrected chi connectivity index (χ0v) is 10.8. The minimum absolute atomic E-state index is 0.149. The maximum absolute atomic E-state index is 11.6. The molecule has 1 atom stereocenters. The van der Waals surface area contributed by atoms with E-state index in [1.54, 1.807) is 18.2 Å². The third-order valence-corrected chi connectivity index (χ3v) is 3.11. The van der Waals surface area contributed by atoms with E-state index in [1.807, 2.05) is 0 Å². The van der Waals surface area contributed by atoms with Crippen molar-refractivity contribution in [1.29, 1.82) is 0 Å². The molecular weight excluding hydrogens is 276 g/mol.